The van der Waals surface area contributed by atoms with Crippen LogP contribution in [-0.4, -0.2) is 51.5 Å². The predicted molar refractivity (Wildman–Crippen MR) is 221 cm³/mol. The highest BCUT2D eigenvalue weighted by Gasteiger charge is 2.32. The molecule has 4 aromatic carbocycles. The summed E-state index contributed by atoms with van der Waals surface area (Å²) < 4.78 is 0. The molecule has 5 aromatic rings. The first-order chi connectivity index (χ1) is 27.9. The number of nitrogens with one attached hydrogen (secondary N) is 1. The number of benzene rings is 4. The Morgan fingerprint density at radius 3 is 1.66 bits per heavy atom. The number of hydrogen-bond acceptors (Lipinski definition) is 7. The van der Waals surface area contributed by atoms with Crippen molar-refractivity contribution in [3.8, 4) is 12.1 Å². The van der Waals surface area contributed by atoms with Gasteiger partial charge in [-0.05, 0) is 109 Å². The van der Waals surface area contributed by atoms with Crippen LogP contribution in [0, 0.1) is 22.7 Å². The number of carbonyl (C=O) groups excluding carboxylic acids is 4. The highest BCUT2D eigenvalue weighted by Crippen LogP contribution is 2.34. The zero-order valence-corrected chi connectivity index (χ0v) is 33.3. The Bertz CT molecular complexity index is 2500. The van der Waals surface area contributed by atoms with Gasteiger partial charge in [-0.15, -0.1) is 0 Å². The minimum atomic E-state index is -0.455. The predicted octanol–water partition coefficient (Wildman–Crippen LogP) is 7.55. The minimum absolute atomic E-state index is 0.0576. The first kappa shape index (κ1) is 41.1. The number of nitrogens with two attached hydrogens (primary N) is 1. The molecule has 2 aliphatic rings. The SMILES string of the molecule is C[C@H]1c2cccc(C(=O)Nc3ccccn3)c2CCN1C(=O)Cc1c(Cl)cccc1C#N.C[C@H]1c2cccc(C(N)=O)c2CCN1C(=O)Cc1c(Cl)cccc1C#N. The second kappa shape index (κ2) is 18.2. The van der Waals surface area contributed by atoms with Crippen molar-refractivity contribution in [2.45, 2.75) is 51.6 Å². The van der Waals surface area contributed by atoms with Crippen LogP contribution in [-0.2, 0) is 35.3 Å². The fourth-order valence-corrected chi connectivity index (χ4v) is 8.16. The highest BCUT2D eigenvalue weighted by atomic mass is 35.5. The third-order valence-electron chi connectivity index (χ3n) is 10.7. The molecular weight excluding hydrogens is 773 g/mol. The molecule has 0 saturated carbocycles. The van der Waals surface area contributed by atoms with Crippen molar-refractivity contribution >= 4 is 52.6 Å². The molecule has 3 N–H and O–H groups in total. The molecule has 58 heavy (non-hydrogen) atoms. The summed E-state index contributed by atoms with van der Waals surface area (Å²) in [5.41, 5.74) is 12.2. The Balaban J connectivity index is 0.000000200. The van der Waals surface area contributed by atoms with E-state index in [-0.39, 0.29) is 42.6 Å². The number of primary amides is 1. The number of amides is 4. The van der Waals surface area contributed by atoms with Crippen molar-refractivity contribution in [1.82, 2.24) is 14.8 Å². The van der Waals surface area contributed by atoms with Crippen LogP contribution in [0.1, 0.15) is 91.2 Å². The van der Waals surface area contributed by atoms with Crippen LogP contribution >= 0.6 is 23.2 Å². The topological polar surface area (TPSA) is 173 Å². The number of carbonyl (C=O) groups is 4. The van der Waals surface area contributed by atoms with Gasteiger partial charge in [-0.2, -0.15) is 10.5 Å². The number of pyridine rings is 1. The largest absolute Gasteiger partial charge is 0.366 e. The van der Waals surface area contributed by atoms with Crippen LogP contribution in [0.2, 0.25) is 10.0 Å². The fraction of sp³-hybridized carbons (Fsp3) is 0.222. The molecule has 4 amide bonds. The Hall–Kier alpha value is -6.53. The number of halogens is 2. The lowest BCUT2D eigenvalue weighted by Gasteiger charge is -2.36. The fourth-order valence-electron chi connectivity index (χ4n) is 7.67. The van der Waals surface area contributed by atoms with E-state index in [1.165, 1.54) is 0 Å². The zero-order chi connectivity index (χ0) is 41.5. The maximum atomic E-state index is 13.1. The van der Waals surface area contributed by atoms with E-state index in [9.17, 15) is 29.7 Å². The van der Waals surface area contributed by atoms with Gasteiger partial charge in [0.25, 0.3) is 5.91 Å². The average Bonchev–Trinajstić information content (AvgIpc) is 3.22. The number of anilines is 1. The second-order valence-corrected chi connectivity index (χ2v) is 14.7. The third kappa shape index (κ3) is 8.72. The molecule has 13 heteroatoms. The van der Waals surface area contributed by atoms with E-state index in [2.05, 4.69) is 22.4 Å². The molecule has 292 valence electrons. The second-order valence-electron chi connectivity index (χ2n) is 13.9. The minimum Gasteiger partial charge on any atom is -0.366 e. The van der Waals surface area contributed by atoms with Crippen molar-refractivity contribution in [2.24, 2.45) is 5.73 Å². The molecule has 11 nitrogen and oxygen atoms in total. The molecule has 0 saturated heterocycles. The van der Waals surface area contributed by atoms with Gasteiger partial charge in [-0.3, -0.25) is 19.2 Å². The Morgan fingerprint density at radius 2 is 1.19 bits per heavy atom. The Labute approximate surface area is 346 Å². The van der Waals surface area contributed by atoms with Gasteiger partial charge < -0.3 is 20.9 Å². The molecule has 2 aliphatic heterocycles. The summed E-state index contributed by atoms with van der Waals surface area (Å²) in [4.78, 5) is 58.2. The lowest BCUT2D eigenvalue weighted by atomic mass is 9.89. The normalized spacial score (nSPS) is 15.3. The maximum Gasteiger partial charge on any atom is 0.257 e. The Morgan fingerprint density at radius 1 is 0.707 bits per heavy atom. The smallest absolute Gasteiger partial charge is 0.257 e. The molecular formula is C45H39Cl2N7O4. The van der Waals surface area contributed by atoms with Gasteiger partial charge in [-0.25, -0.2) is 4.98 Å². The number of nitriles is 2. The number of rotatable bonds is 7. The average molecular weight is 813 g/mol. The molecule has 0 bridgehead atoms. The van der Waals surface area contributed by atoms with E-state index in [4.69, 9.17) is 28.9 Å². The summed E-state index contributed by atoms with van der Waals surface area (Å²) in [6, 6.07) is 30.2. The summed E-state index contributed by atoms with van der Waals surface area (Å²) in [6.07, 6.45) is 2.88. The maximum absolute atomic E-state index is 13.1. The van der Waals surface area contributed by atoms with Crippen molar-refractivity contribution < 1.29 is 19.2 Å². The summed E-state index contributed by atoms with van der Waals surface area (Å²) in [6.45, 7) is 4.85. The van der Waals surface area contributed by atoms with Gasteiger partial charge in [0.1, 0.15) is 5.82 Å². The monoisotopic (exact) mass is 811 g/mol. The quantitative estimate of drug-likeness (QED) is 0.171. The number of nitrogens with zero attached hydrogens (tertiary/aromatic N) is 5. The van der Waals surface area contributed by atoms with E-state index >= 15 is 0 Å². The first-order valence-electron chi connectivity index (χ1n) is 18.6. The van der Waals surface area contributed by atoms with E-state index < -0.39 is 5.91 Å². The summed E-state index contributed by atoms with van der Waals surface area (Å²) >= 11 is 12.5. The van der Waals surface area contributed by atoms with E-state index in [0.29, 0.717) is 75.2 Å². The standard InChI is InChI=1S/C25H21ClN4O2.C20H18ClN3O2/c1-16-18-7-5-8-20(25(32)29-23-10-2-3-12-28-23)19(18)11-13-30(16)24(31)14-21-17(15-27)6-4-9-22(21)26;1-12-14-5-3-6-16(20(23)26)15(14)8-9-24(12)19(25)10-17-13(11-22)4-2-7-18(17)21/h2-10,12,16H,11,13-14H2,1H3,(H,28,29,32);2-7,12H,8-10H2,1H3,(H2,23,26)/t16-;12-/m00/s1. The van der Waals surface area contributed by atoms with Gasteiger partial charge in [0.05, 0.1) is 48.2 Å². The van der Waals surface area contributed by atoms with Gasteiger partial charge >= 0.3 is 0 Å². The van der Waals surface area contributed by atoms with Crippen LogP contribution in [0.15, 0.2) is 97.2 Å². The van der Waals surface area contributed by atoms with Crippen LogP contribution in [0.25, 0.3) is 0 Å². The van der Waals surface area contributed by atoms with Gasteiger partial charge in [0, 0.05) is 40.5 Å². The van der Waals surface area contributed by atoms with Crippen molar-refractivity contribution in [2.75, 3.05) is 18.4 Å². The molecule has 7 rings (SSSR count). The molecule has 0 spiro atoms. The summed E-state index contributed by atoms with van der Waals surface area (Å²) in [5, 5.41) is 22.3. The molecule has 0 unspecified atom stereocenters. The lowest BCUT2D eigenvalue weighted by Crippen LogP contribution is -2.40. The van der Waals surface area contributed by atoms with Crippen LogP contribution in [0.4, 0.5) is 5.82 Å². The molecule has 0 radical (unpaired) electrons. The highest BCUT2D eigenvalue weighted by molar-refractivity contribution is 6.32. The van der Waals surface area contributed by atoms with Crippen molar-refractivity contribution in [3.63, 3.8) is 0 Å². The molecule has 3 heterocycles. The van der Waals surface area contributed by atoms with Crippen LogP contribution in [0.5, 0.6) is 0 Å². The first-order valence-corrected chi connectivity index (χ1v) is 19.4. The van der Waals surface area contributed by atoms with Crippen LogP contribution in [0.3, 0.4) is 0 Å². The number of fused-ring (bicyclic) bond motifs is 2. The molecule has 2 atom stereocenters. The van der Waals surface area contributed by atoms with Gasteiger partial charge in [-0.1, -0.05) is 65.7 Å². The molecule has 0 fully saturated rings. The van der Waals surface area contributed by atoms with Crippen molar-refractivity contribution in [3.05, 3.63) is 163 Å². The summed E-state index contributed by atoms with van der Waals surface area (Å²) in [5.74, 6) is -0.386. The third-order valence-corrected chi connectivity index (χ3v) is 11.4. The molecule has 1 aromatic heterocycles. The summed E-state index contributed by atoms with van der Waals surface area (Å²) in [7, 11) is 0. The number of hydrogen-bond donors (Lipinski definition) is 2. The van der Waals surface area contributed by atoms with Gasteiger partial charge in [0.2, 0.25) is 17.7 Å². The Kier molecular flexibility index (Phi) is 12.9. The van der Waals surface area contributed by atoms with Crippen molar-refractivity contribution in [1.29, 1.82) is 10.5 Å². The van der Waals surface area contributed by atoms with E-state index in [0.717, 1.165) is 22.3 Å². The van der Waals surface area contributed by atoms with E-state index in [1.54, 1.807) is 82.7 Å². The zero-order valence-electron chi connectivity index (χ0n) is 31.8. The lowest BCUT2D eigenvalue weighted by molar-refractivity contribution is -0.133. The molecule has 0 aliphatic carbocycles. The van der Waals surface area contributed by atoms with Crippen LogP contribution < -0.4 is 11.1 Å². The number of aromatic nitrogens is 1. The van der Waals surface area contributed by atoms with Gasteiger partial charge in [0.15, 0.2) is 0 Å². The van der Waals surface area contributed by atoms with E-state index in [1.807, 2.05) is 38.1 Å².